The molecule has 0 spiro atoms. The minimum atomic E-state index is -0.510. The Morgan fingerprint density at radius 2 is 2.04 bits per heavy atom. The summed E-state index contributed by atoms with van der Waals surface area (Å²) in [4.78, 5) is 26.6. The minimum absolute atomic E-state index is 0.117. The molecule has 126 valence electrons. The SMILES string of the molecule is C[NH+]1CCc2c(sc(NC(=O)Cc3ccc(F)cc3)c2C(N)=O)C1. The van der Waals surface area contributed by atoms with Crippen molar-refractivity contribution in [1.29, 1.82) is 0 Å². The Kier molecular flexibility index (Phi) is 4.64. The molecule has 1 atom stereocenters. The number of hydrogen-bond acceptors (Lipinski definition) is 3. The number of anilines is 1. The van der Waals surface area contributed by atoms with Crippen LogP contribution in [0.1, 0.15) is 26.4 Å². The van der Waals surface area contributed by atoms with Gasteiger partial charge in [-0.05, 0) is 23.3 Å². The summed E-state index contributed by atoms with van der Waals surface area (Å²) >= 11 is 1.42. The molecule has 0 radical (unpaired) electrons. The number of thiophene rings is 1. The van der Waals surface area contributed by atoms with Gasteiger partial charge in [-0.25, -0.2) is 4.39 Å². The van der Waals surface area contributed by atoms with Gasteiger partial charge in [0.2, 0.25) is 5.91 Å². The molecule has 0 bridgehead atoms. The van der Waals surface area contributed by atoms with Crippen LogP contribution in [0.4, 0.5) is 9.39 Å². The number of nitrogens with one attached hydrogen (secondary N) is 2. The number of amides is 2. The molecule has 0 saturated heterocycles. The van der Waals surface area contributed by atoms with Gasteiger partial charge in [-0.3, -0.25) is 9.59 Å². The van der Waals surface area contributed by atoms with Crippen LogP contribution < -0.4 is 16.0 Å². The number of quaternary nitrogens is 1. The minimum Gasteiger partial charge on any atom is -0.365 e. The van der Waals surface area contributed by atoms with Crippen LogP contribution in [0.15, 0.2) is 24.3 Å². The smallest absolute Gasteiger partial charge is 0.252 e. The maximum absolute atomic E-state index is 12.9. The second-order valence-electron chi connectivity index (χ2n) is 6.06. The second kappa shape index (κ2) is 6.70. The van der Waals surface area contributed by atoms with Crippen molar-refractivity contribution in [2.75, 3.05) is 18.9 Å². The Labute approximate surface area is 143 Å². The van der Waals surface area contributed by atoms with Crippen LogP contribution >= 0.6 is 11.3 Å². The molecule has 5 nitrogen and oxygen atoms in total. The summed E-state index contributed by atoms with van der Waals surface area (Å²) in [5.74, 6) is -1.10. The van der Waals surface area contributed by atoms with E-state index in [9.17, 15) is 14.0 Å². The van der Waals surface area contributed by atoms with Gasteiger partial charge in [0.1, 0.15) is 17.4 Å². The molecule has 1 aromatic carbocycles. The highest BCUT2D eigenvalue weighted by Crippen LogP contribution is 2.34. The molecule has 1 aliphatic heterocycles. The number of rotatable bonds is 4. The standard InChI is InChI=1S/C17H18FN3O2S/c1-21-7-6-12-13(9-21)24-17(15(12)16(19)23)20-14(22)8-10-2-4-11(18)5-3-10/h2-5H,6-9H2,1H3,(H2,19,23)(H,20,22)/p+1. The number of carbonyl (C=O) groups is 2. The lowest BCUT2D eigenvalue weighted by Gasteiger charge is -2.19. The quantitative estimate of drug-likeness (QED) is 0.762. The van der Waals surface area contributed by atoms with E-state index in [1.807, 2.05) is 0 Å². The predicted molar refractivity (Wildman–Crippen MR) is 90.7 cm³/mol. The number of benzene rings is 1. The van der Waals surface area contributed by atoms with Gasteiger partial charge < -0.3 is 16.0 Å². The Morgan fingerprint density at radius 1 is 1.33 bits per heavy atom. The molecule has 1 aromatic heterocycles. The third-order valence-corrected chi connectivity index (χ3v) is 5.28. The molecular formula is C17H19FN3O2S+. The van der Waals surface area contributed by atoms with Gasteiger partial charge >= 0.3 is 0 Å². The van der Waals surface area contributed by atoms with E-state index < -0.39 is 5.91 Å². The zero-order valence-corrected chi connectivity index (χ0v) is 14.1. The first-order valence-electron chi connectivity index (χ1n) is 7.74. The lowest BCUT2D eigenvalue weighted by Crippen LogP contribution is -3.08. The number of fused-ring (bicyclic) bond motifs is 1. The summed E-state index contributed by atoms with van der Waals surface area (Å²) in [6.07, 6.45) is 0.899. The Bertz CT molecular complexity index is 786. The molecule has 0 saturated carbocycles. The van der Waals surface area contributed by atoms with Gasteiger partial charge in [-0.15, -0.1) is 11.3 Å². The summed E-state index contributed by atoms with van der Waals surface area (Å²) in [6, 6.07) is 5.78. The fourth-order valence-electron chi connectivity index (χ4n) is 2.93. The highest BCUT2D eigenvalue weighted by molar-refractivity contribution is 7.17. The van der Waals surface area contributed by atoms with Crippen LogP contribution in [0.5, 0.6) is 0 Å². The van der Waals surface area contributed by atoms with E-state index >= 15 is 0 Å². The molecule has 0 fully saturated rings. The van der Waals surface area contributed by atoms with Crippen LogP contribution in [-0.4, -0.2) is 25.4 Å². The molecule has 0 aliphatic carbocycles. The van der Waals surface area contributed by atoms with Gasteiger partial charge in [-0.1, -0.05) is 12.1 Å². The van der Waals surface area contributed by atoms with Gasteiger partial charge in [0.15, 0.2) is 0 Å². The number of likely N-dealkylation sites (N-methyl/N-ethyl adjacent to an activating group) is 1. The van der Waals surface area contributed by atoms with Gasteiger partial charge in [0.05, 0.1) is 30.5 Å². The number of halogens is 1. The van der Waals surface area contributed by atoms with Crippen molar-refractivity contribution in [2.45, 2.75) is 19.4 Å². The lowest BCUT2D eigenvalue weighted by atomic mass is 10.0. The second-order valence-corrected chi connectivity index (χ2v) is 7.16. The van der Waals surface area contributed by atoms with Crippen molar-refractivity contribution < 1.29 is 18.9 Å². The van der Waals surface area contributed by atoms with Crippen molar-refractivity contribution in [2.24, 2.45) is 5.73 Å². The van der Waals surface area contributed by atoms with Crippen LogP contribution in [-0.2, 0) is 24.2 Å². The zero-order valence-electron chi connectivity index (χ0n) is 13.3. The number of nitrogens with two attached hydrogens (primary N) is 1. The molecule has 3 rings (SSSR count). The van der Waals surface area contributed by atoms with E-state index in [1.54, 1.807) is 12.1 Å². The Balaban J connectivity index is 1.80. The summed E-state index contributed by atoms with van der Waals surface area (Å²) in [5.41, 5.74) is 7.65. The van der Waals surface area contributed by atoms with E-state index in [2.05, 4.69) is 12.4 Å². The lowest BCUT2D eigenvalue weighted by molar-refractivity contribution is -0.895. The topological polar surface area (TPSA) is 76.6 Å². The summed E-state index contributed by atoms with van der Waals surface area (Å²) in [6.45, 7) is 1.76. The fraction of sp³-hybridized carbons (Fsp3) is 0.294. The average Bonchev–Trinajstić information content (AvgIpc) is 2.86. The normalized spacial score (nSPS) is 16.5. The van der Waals surface area contributed by atoms with Crippen molar-refractivity contribution in [3.8, 4) is 0 Å². The van der Waals surface area contributed by atoms with Gasteiger partial charge in [-0.2, -0.15) is 0 Å². The third kappa shape index (κ3) is 3.47. The van der Waals surface area contributed by atoms with Crippen LogP contribution in [0.2, 0.25) is 0 Å². The highest BCUT2D eigenvalue weighted by Gasteiger charge is 2.28. The molecule has 7 heteroatoms. The first-order valence-corrected chi connectivity index (χ1v) is 8.55. The fourth-order valence-corrected chi connectivity index (χ4v) is 4.31. The highest BCUT2D eigenvalue weighted by atomic mass is 32.1. The van der Waals surface area contributed by atoms with Crippen LogP contribution in [0.25, 0.3) is 0 Å². The summed E-state index contributed by atoms with van der Waals surface area (Å²) < 4.78 is 12.9. The molecule has 2 heterocycles. The first-order chi connectivity index (χ1) is 11.4. The van der Waals surface area contributed by atoms with E-state index in [-0.39, 0.29) is 18.1 Å². The summed E-state index contributed by atoms with van der Waals surface area (Å²) in [5, 5.41) is 3.33. The molecule has 1 aliphatic rings. The van der Waals surface area contributed by atoms with Crippen molar-refractivity contribution in [3.05, 3.63) is 51.7 Å². The largest absolute Gasteiger partial charge is 0.365 e. The van der Waals surface area contributed by atoms with E-state index in [0.29, 0.717) is 16.1 Å². The predicted octanol–water partition coefficient (Wildman–Crippen LogP) is 0.738. The maximum atomic E-state index is 12.9. The van der Waals surface area contributed by atoms with Gasteiger partial charge in [0, 0.05) is 6.42 Å². The molecule has 1 unspecified atom stereocenters. The Hall–Kier alpha value is -2.25. The van der Waals surface area contributed by atoms with Crippen molar-refractivity contribution >= 4 is 28.2 Å². The summed E-state index contributed by atoms with van der Waals surface area (Å²) in [7, 11) is 2.10. The van der Waals surface area contributed by atoms with E-state index in [1.165, 1.54) is 28.4 Å². The molecule has 4 N–H and O–H groups in total. The number of carbonyl (C=O) groups excluding carboxylic acids is 2. The molecule has 24 heavy (non-hydrogen) atoms. The van der Waals surface area contributed by atoms with E-state index in [4.69, 9.17) is 5.73 Å². The Morgan fingerprint density at radius 3 is 2.71 bits per heavy atom. The third-order valence-electron chi connectivity index (χ3n) is 4.13. The molecule has 2 aromatic rings. The monoisotopic (exact) mass is 348 g/mol. The average molecular weight is 348 g/mol. The van der Waals surface area contributed by atoms with Crippen LogP contribution in [0.3, 0.4) is 0 Å². The van der Waals surface area contributed by atoms with E-state index in [0.717, 1.165) is 30.0 Å². The number of hydrogen-bond donors (Lipinski definition) is 3. The van der Waals surface area contributed by atoms with Crippen LogP contribution in [0, 0.1) is 5.82 Å². The molecule has 2 amide bonds. The van der Waals surface area contributed by atoms with Crippen molar-refractivity contribution in [1.82, 2.24) is 0 Å². The van der Waals surface area contributed by atoms with Gasteiger partial charge in [0.25, 0.3) is 5.91 Å². The zero-order chi connectivity index (χ0) is 17.3. The maximum Gasteiger partial charge on any atom is 0.252 e. The molecular weight excluding hydrogens is 329 g/mol. The number of primary amides is 1. The van der Waals surface area contributed by atoms with Crippen molar-refractivity contribution in [3.63, 3.8) is 0 Å². The first kappa shape index (κ1) is 16.6.